The summed E-state index contributed by atoms with van der Waals surface area (Å²) in [5.41, 5.74) is 0. The van der Waals surface area contributed by atoms with Crippen LogP contribution in [-0.4, -0.2) is 19.3 Å². The SMILES string of the molecule is FC1CNCC1C1CCCC1. The molecule has 1 aliphatic carbocycles. The average molecular weight is 157 g/mol. The Balaban J connectivity index is 1.92. The normalized spacial score (nSPS) is 40.1. The molecule has 2 aliphatic rings. The number of nitrogens with one attached hydrogen (secondary N) is 1. The first-order chi connectivity index (χ1) is 5.38. The van der Waals surface area contributed by atoms with Crippen LogP contribution in [0.3, 0.4) is 0 Å². The molecule has 1 aliphatic heterocycles. The number of halogens is 1. The average Bonchev–Trinajstić information content (AvgIpc) is 2.55. The summed E-state index contributed by atoms with van der Waals surface area (Å²) in [5.74, 6) is 1.04. The lowest BCUT2D eigenvalue weighted by Crippen LogP contribution is -2.21. The van der Waals surface area contributed by atoms with Gasteiger partial charge in [-0.3, -0.25) is 0 Å². The Morgan fingerprint density at radius 1 is 1.09 bits per heavy atom. The molecule has 1 saturated carbocycles. The molecular formula is C9H16FN. The zero-order valence-electron chi connectivity index (χ0n) is 6.85. The van der Waals surface area contributed by atoms with Crippen molar-refractivity contribution in [1.29, 1.82) is 0 Å². The van der Waals surface area contributed by atoms with E-state index in [-0.39, 0.29) is 0 Å². The second-order valence-corrected chi connectivity index (χ2v) is 3.88. The number of alkyl halides is 1. The van der Waals surface area contributed by atoms with Gasteiger partial charge >= 0.3 is 0 Å². The zero-order chi connectivity index (χ0) is 7.68. The highest BCUT2D eigenvalue weighted by molar-refractivity contribution is 4.87. The molecule has 0 aromatic heterocycles. The third-order valence-electron chi connectivity index (χ3n) is 3.19. The smallest absolute Gasteiger partial charge is 0.117 e. The molecule has 2 heteroatoms. The lowest BCUT2D eigenvalue weighted by atomic mass is 9.89. The monoisotopic (exact) mass is 157 g/mol. The van der Waals surface area contributed by atoms with Gasteiger partial charge in [-0.15, -0.1) is 0 Å². The quantitative estimate of drug-likeness (QED) is 0.611. The largest absolute Gasteiger partial charge is 0.313 e. The van der Waals surface area contributed by atoms with E-state index in [1.54, 1.807) is 0 Å². The fourth-order valence-electron chi connectivity index (χ4n) is 2.51. The summed E-state index contributed by atoms with van der Waals surface area (Å²) in [6.07, 6.45) is 4.64. The molecule has 0 aromatic carbocycles. The van der Waals surface area contributed by atoms with E-state index >= 15 is 0 Å². The first-order valence-corrected chi connectivity index (χ1v) is 4.72. The summed E-state index contributed by atoms with van der Waals surface area (Å²) >= 11 is 0. The second kappa shape index (κ2) is 3.10. The summed E-state index contributed by atoms with van der Waals surface area (Å²) in [7, 11) is 0. The fraction of sp³-hybridized carbons (Fsp3) is 1.00. The molecule has 2 unspecified atom stereocenters. The Bertz CT molecular complexity index is 132. The maximum Gasteiger partial charge on any atom is 0.117 e. The van der Waals surface area contributed by atoms with Crippen molar-refractivity contribution < 1.29 is 4.39 Å². The summed E-state index contributed by atoms with van der Waals surface area (Å²) in [6, 6.07) is 0. The molecule has 2 atom stereocenters. The molecule has 0 radical (unpaired) electrons. The lowest BCUT2D eigenvalue weighted by Gasteiger charge is -2.18. The van der Waals surface area contributed by atoms with Crippen LogP contribution < -0.4 is 5.32 Å². The van der Waals surface area contributed by atoms with Crippen LogP contribution in [0.2, 0.25) is 0 Å². The molecule has 2 fully saturated rings. The van der Waals surface area contributed by atoms with Gasteiger partial charge in [0.1, 0.15) is 6.17 Å². The molecule has 1 saturated heterocycles. The van der Waals surface area contributed by atoms with Crippen LogP contribution in [0.1, 0.15) is 25.7 Å². The first kappa shape index (κ1) is 7.53. The molecule has 0 aromatic rings. The molecule has 0 bridgehead atoms. The van der Waals surface area contributed by atoms with Gasteiger partial charge in [-0.2, -0.15) is 0 Å². The molecule has 0 spiro atoms. The predicted molar refractivity (Wildman–Crippen MR) is 43.2 cm³/mol. The van der Waals surface area contributed by atoms with Crippen molar-refractivity contribution in [2.75, 3.05) is 13.1 Å². The Hall–Kier alpha value is -0.110. The van der Waals surface area contributed by atoms with Crippen molar-refractivity contribution in [2.24, 2.45) is 11.8 Å². The summed E-state index contributed by atoms with van der Waals surface area (Å²) in [6.45, 7) is 1.52. The van der Waals surface area contributed by atoms with E-state index in [2.05, 4.69) is 5.32 Å². The van der Waals surface area contributed by atoms with Crippen LogP contribution in [-0.2, 0) is 0 Å². The highest BCUT2D eigenvalue weighted by Crippen LogP contribution is 2.35. The van der Waals surface area contributed by atoms with Gasteiger partial charge in [-0.1, -0.05) is 25.7 Å². The van der Waals surface area contributed by atoms with Gasteiger partial charge in [-0.05, 0) is 5.92 Å². The molecular weight excluding hydrogens is 141 g/mol. The van der Waals surface area contributed by atoms with E-state index in [1.165, 1.54) is 25.7 Å². The predicted octanol–water partition coefficient (Wildman–Crippen LogP) is 1.73. The Labute approximate surface area is 67.4 Å². The Morgan fingerprint density at radius 3 is 2.36 bits per heavy atom. The van der Waals surface area contributed by atoms with Crippen molar-refractivity contribution >= 4 is 0 Å². The summed E-state index contributed by atoms with van der Waals surface area (Å²) < 4.78 is 13.2. The molecule has 11 heavy (non-hydrogen) atoms. The molecule has 1 heterocycles. The number of hydrogen-bond donors (Lipinski definition) is 1. The highest BCUT2D eigenvalue weighted by atomic mass is 19.1. The van der Waals surface area contributed by atoms with Crippen molar-refractivity contribution in [3.05, 3.63) is 0 Å². The molecule has 1 nitrogen and oxygen atoms in total. The van der Waals surface area contributed by atoms with Gasteiger partial charge in [0.2, 0.25) is 0 Å². The standard InChI is InChI=1S/C9H16FN/c10-9-6-11-5-8(9)7-3-1-2-4-7/h7-9,11H,1-6H2. The van der Waals surface area contributed by atoms with E-state index in [0.29, 0.717) is 18.4 Å². The highest BCUT2D eigenvalue weighted by Gasteiger charge is 2.34. The van der Waals surface area contributed by atoms with Gasteiger partial charge in [0.05, 0.1) is 0 Å². The topological polar surface area (TPSA) is 12.0 Å². The zero-order valence-corrected chi connectivity index (χ0v) is 6.85. The van der Waals surface area contributed by atoms with Gasteiger partial charge in [0.25, 0.3) is 0 Å². The fourth-order valence-corrected chi connectivity index (χ4v) is 2.51. The van der Waals surface area contributed by atoms with Crippen molar-refractivity contribution in [3.8, 4) is 0 Å². The van der Waals surface area contributed by atoms with Gasteiger partial charge in [0.15, 0.2) is 0 Å². The molecule has 2 rings (SSSR count). The first-order valence-electron chi connectivity index (χ1n) is 4.72. The maximum absolute atomic E-state index is 13.2. The van der Waals surface area contributed by atoms with E-state index in [9.17, 15) is 4.39 Å². The summed E-state index contributed by atoms with van der Waals surface area (Å²) in [4.78, 5) is 0. The van der Waals surface area contributed by atoms with Crippen molar-refractivity contribution in [2.45, 2.75) is 31.9 Å². The molecule has 0 amide bonds. The Morgan fingerprint density at radius 2 is 1.82 bits per heavy atom. The van der Waals surface area contributed by atoms with E-state index in [4.69, 9.17) is 0 Å². The third-order valence-corrected chi connectivity index (χ3v) is 3.19. The minimum atomic E-state index is -0.557. The lowest BCUT2D eigenvalue weighted by molar-refractivity contribution is 0.216. The van der Waals surface area contributed by atoms with Gasteiger partial charge in [-0.25, -0.2) is 4.39 Å². The minimum absolute atomic E-state index is 0.345. The van der Waals surface area contributed by atoms with Crippen LogP contribution >= 0.6 is 0 Å². The van der Waals surface area contributed by atoms with Crippen LogP contribution in [0.4, 0.5) is 4.39 Å². The van der Waals surface area contributed by atoms with Crippen LogP contribution in [0.5, 0.6) is 0 Å². The van der Waals surface area contributed by atoms with Crippen LogP contribution in [0, 0.1) is 11.8 Å². The van der Waals surface area contributed by atoms with Crippen LogP contribution in [0.25, 0.3) is 0 Å². The van der Waals surface area contributed by atoms with E-state index in [0.717, 1.165) is 6.54 Å². The maximum atomic E-state index is 13.2. The van der Waals surface area contributed by atoms with E-state index in [1.807, 2.05) is 0 Å². The Kier molecular flexibility index (Phi) is 2.12. The van der Waals surface area contributed by atoms with Crippen molar-refractivity contribution in [1.82, 2.24) is 5.32 Å². The molecule has 1 N–H and O–H groups in total. The number of hydrogen-bond acceptors (Lipinski definition) is 1. The third kappa shape index (κ3) is 1.41. The van der Waals surface area contributed by atoms with Crippen molar-refractivity contribution in [3.63, 3.8) is 0 Å². The van der Waals surface area contributed by atoms with Crippen LogP contribution in [0.15, 0.2) is 0 Å². The minimum Gasteiger partial charge on any atom is -0.313 e. The molecule has 64 valence electrons. The number of rotatable bonds is 1. The second-order valence-electron chi connectivity index (χ2n) is 3.88. The van der Waals surface area contributed by atoms with Gasteiger partial charge < -0.3 is 5.32 Å². The van der Waals surface area contributed by atoms with Gasteiger partial charge in [0, 0.05) is 19.0 Å². The van der Waals surface area contributed by atoms with E-state index < -0.39 is 6.17 Å². The summed E-state index contributed by atoms with van der Waals surface area (Å²) in [5, 5.41) is 3.12.